The molecular formula is C60H36B2N4O2. The lowest BCUT2D eigenvalue weighted by atomic mass is 9.30. The van der Waals surface area contributed by atoms with Crippen molar-refractivity contribution < 1.29 is 9.47 Å². The van der Waals surface area contributed by atoms with E-state index in [1.54, 1.807) is 0 Å². The number of hydrogen-bond donors (Lipinski definition) is 0. The van der Waals surface area contributed by atoms with Crippen molar-refractivity contribution in [1.29, 1.82) is 0 Å². The van der Waals surface area contributed by atoms with Crippen LogP contribution in [0.1, 0.15) is 0 Å². The SMILES string of the molecule is c1ccc(-c2c3c(cc4c2Oc2ccc5c6c2B4c2ccccc2N6c2ccccc2N5c2ccccc2)B2c4ccccc4N4c5ccccc5N(c5ccccc5)c5ccc(c2c54)O3)cc1. The monoisotopic (exact) mass is 866 g/mol. The van der Waals surface area contributed by atoms with Gasteiger partial charge in [-0.25, -0.2) is 0 Å². The Kier molecular flexibility index (Phi) is 7.15. The van der Waals surface area contributed by atoms with Gasteiger partial charge in [0.25, 0.3) is 13.4 Å². The van der Waals surface area contributed by atoms with E-state index in [1.165, 1.54) is 33.2 Å². The molecule has 0 spiro atoms. The molecule has 16 rings (SSSR count). The van der Waals surface area contributed by atoms with Crippen LogP contribution in [0.3, 0.4) is 0 Å². The highest BCUT2D eigenvalue weighted by Gasteiger charge is 2.51. The Morgan fingerprint density at radius 3 is 1.10 bits per heavy atom. The maximum atomic E-state index is 7.48. The van der Waals surface area contributed by atoms with Crippen molar-refractivity contribution in [2.75, 3.05) is 19.6 Å². The zero-order valence-electron chi connectivity index (χ0n) is 36.5. The molecule has 0 atom stereocenters. The van der Waals surface area contributed by atoms with Gasteiger partial charge in [0.2, 0.25) is 0 Å². The van der Waals surface area contributed by atoms with Crippen LogP contribution in [0.4, 0.5) is 68.2 Å². The van der Waals surface area contributed by atoms with Gasteiger partial charge in [0, 0.05) is 22.7 Å². The van der Waals surface area contributed by atoms with Crippen LogP contribution in [0, 0.1) is 0 Å². The summed E-state index contributed by atoms with van der Waals surface area (Å²) in [6.07, 6.45) is 0. The van der Waals surface area contributed by atoms with E-state index in [9.17, 15) is 0 Å². The van der Waals surface area contributed by atoms with Crippen molar-refractivity contribution in [3.05, 3.63) is 218 Å². The van der Waals surface area contributed by atoms with Crippen molar-refractivity contribution in [2.45, 2.75) is 0 Å². The van der Waals surface area contributed by atoms with Crippen LogP contribution in [-0.4, -0.2) is 13.4 Å². The van der Waals surface area contributed by atoms with E-state index in [1.807, 2.05) is 0 Å². The number of anilines is 12. The highest BCUT2D eigenvalue weighted by molar-refractivity contribution is 7.02. The van der Waals surface area contributed by atoms with Gasteiger partial charge in [-0.1, -0.05) is 133 Å². The van der Waals surface area contributed by atoms with Crippen LogP contribution < -0.4 is 61.9 Å². The second-order valence-electron chi connectivity index (χ2n) is 18.3. The molecule has 0 unspecified atom stereocenters. The normalized spacial score (nSPS) is 14.2. The fraction of sp³-hybridized carbons (Fsp3) is 0. The summed E-state index contributed by atoms with van der Waals surface area (Å²) in [5.41, 5.74) is 22.7. The van der Waals surface area contributed by atoms with E-state index in [-0.39, 0.29) is 13.4 Å². The van der Waals surface area contributed by atoms with E-state index in [0.29, 0.717) is 0 Å². The van der Waals surface area contributed by atoms with Crippen LogP contribution >= 0.6 is 0 Å². The van der Waals surface area contributed by atoms with Gasteiger partial charge >= 0.3 is 0 Å². The molecule has 0 aromatic heterocycles. The lowest BCUT2D eigenvalue weighted by molar-refractivity contribution is 0.469. The lowest BCUT2D eigenvalue weighted by Crippen LogP contribution is -2.64. The number of ether oxygens (including phenoxy) is 2. The molecule has 0 fully saturated rings. The van der Waals surface area contributed by atoms with Crippen LogP contribution in [0.2, 0.25) is 0 Å². The Bertz CT molecular complexity index is 3580. The van der Waals surface area contributed by atoms with Gasteiger partial charge in [-0.2, -0.15) is 0 Å². The van der Waals surface area contributed by atoms with Gasteiger partial charge in [-0.15, -0.1) is 0 Å². The Morgan fingerprint density at radius 2 is 0.662 bits per heavy atom. The number of benzene rings is 10. The third kappa shape index (κ3) is 4.63. The summed E-state index contributed by atoms with van der Waals surface area (Å²) >= 11 is 0. The average molecular weight is 867 g/mol. The van der Waals surface area contributed by atoms with Crippen LogP contribution in [-0.2, 0) is 0 Å². The smallest absolute Gasteiger partial charge is 0.256 e. The second-order valence-corrected chi connectivity index (χ2v) is 18.3. The fourth-order valence-corrected chi connectivity index (χ4v) is 12.4. The standard InChI is InChI=1S/C60H36B2N4O2/c1-4-18-37(19-5-1)54-59-42(61-40-24-10-12-26-44(40)65-48-30-16-14-28-46(48)63(38-20-6-2-7-21-38)50-32-34-52(67-59)55(61)57(50)65)36-43-60(54)68-53-35-33-51-58-56(53)62(43)41-25-11-13-27-45(41)66(58)49-31-17-15-29-47(49)64(51)39-22-8-3-9-23-39/h1-36H. The molecule has 0 radical (unpaired) electrons. The van der Waals surface area contributed by atoms with E-state index in [0.717, 1.165) is 102 Å². The van der Waals surface area contributed by atoms with Gasteiger partial charge in [0.15, 0.2) is 0 Å². The zero-order chi connectivity index (χ0) is 44.2. The summed E-state index contributed by atoms with van der Waals surface area (Å²) < 4.78 is 15.0. The van der Waals surface area contributed by atoms with Crippen LogP contribution in [0.15, 0.2) is 218 Å². The molecule has 0 N–H and O–H groups in total. The van der Waals surface area contributed by atoms with Gasteiger partial charge < -0.3 is 29.1 Å². The zero-order valence-corrected chi connectivity index (χ0v) is 36.5. The van der Waals surface area contributed by atoms with E-state index >= 15 is 0 Å². The Labute approximate surface area is 394 Å². The molecule has 6 aliphatic heterocycles. The van der Waals surface area contributed by atoms with Crippen molar-refractivity contribution in [2.24, 2.45) is 0 Å². The minimum atomic E-state index is -0.145. The molecule has 0 saturated heterocycles. The van der Waals surface area contributed by atoms with Crippen LogP contribution in [0.25, 0.3) is 11.1 Å². The minimum Gasteiger partial charge on any atom is -0.458 e. The molecule has 0 bridgehead atoms. The molecule has 10 aromatic rings. The number of hydrogen-bond acceptors (Lipinski definition) is 6. The first-order valence-electron chi connectivity index (χ1n) is 23.4. The maximum absolute atomic E-state index is 7.48. The molecule has 6 aliphatic rings. The molecule has 10 aromatic carbocycles. The number of nitrogens with zero attached hydrogens (tertiary/aromatic N) is 4. The molecule has 68 heavy (non-hydrogen) atoms. The maximum Gasteiger partial charge on any atom is 0.256 e. The first-order valence-corrected chi connectivity index (χ1v) is 23.4. The molecule has 6 nitrogen and oxygen atoms in total. The second kappa shape index (κ2) is 13.4. The first kappa shape index (κ1) is 36.4. The highest BCUT2D eigenvalue weighted by atomic mass is 16.5. The van der Waals surface area contributed by atoms with Crippen molar-refractivity contribution in [1.82, 2.24) is 0 Å². The first-order chi connectivity index (χ1) is 33.8. The van der Waals surface area contributed by atoms with E-state index in [2.05, 4.69) is 238 Å². The molecule has 0 amide bonds. The van der Waals surface area contributed by atoms with Crippen molar-refractivity contribution >= 4 is 114 Å². The summed E-state index contributed by atoms with van der Waals surface area (Å²) in [6, 6.07) is 79.1. The fourth-order valence-electron chi connectivity index (χ4n) is 12.4. The summed E-state index contributed by atoms with van der Waals surface area (Å²) in [5.74, 6) is 3.38. The number of fused-ring (bicyclic) bond motifs is 14. The Morgan fingerprint density at radius 1 is 0.294 bits per heavy atom. The average Bonchev–Trinajstić information content (AvgIpc) is 3.41. The molecule has 314 valence electrons. The largest absolute Gasteiger partial charge is 0.458 e. The van der Waals surface area contributed by atoms with Gasteiger partial charge in [-0.3, -0.25) is 0 Å². The van der Waals surface area contributed by atoms with Gasteiger partial charge in [0.05, 0.1) is 51.1 Å². The topological polar surface area (TPSA) is 31.4 Å². The molecule has 8 heteroatoms. The predicted molar refractivity (Wildman–Crippen MR) is 280 cm³/mol. The summed E-state index contributed by atoms with van der Waals surface area (Å²) in [7, 11) is 0. The minimum absolute atomic E-state index is 0.145. The molecular weight excluding hydrogens is 830 g/mol. The third-order valence-electron chi connectivity index (χ3n) is 14.9. The van der Waals surface area contributed by atoms with Crippen molar-refractivity contribution in [3.8, 4) is 34.1 Å². The molecule has 0 saturated carbocycles. The summed E-state index contributed by atoms with van der Waals surface area (Å²) in [4.78, 5) is 9.79. The summed E-state index contributed by atoms with van der Waals surface area (Å²) in [5, 5.41) is 0. The third-order valence-corrected chi connectivity index (χ3v) is 14.9. The quantitative estimate of drug-likeness (QED) is 0.165. The van der Waals surface area contributed by atoms with E-state index in [4.69, 9.17) is 9.47 Å². The Hall–Kier alpha value is -8.87. The predicted octanol–water partition coefficient (Wildman–Crippen LogP) is 11.7. The highest BCUT2D eigenvalue weighted by Crippen LogP contribution is 2.59. The summed E-state index contributed by atoms with van der Waals surface area (Å²) in [6.45, 7) is -0.290. The molecule has 6 heterocycles. The lowest BCUT2D eigenvalue weighted by Gasteiger charge is -2.48. The van der Waals surface area contributed by atoms with Crippen molar-refractivity contribution in [3.63, 3.8) is 0 Å². The van der Waals surface area contributed by atoms with E-state index < -0.39 is 0 Å². The molecule has 0 aliphatic carbocycles. The van der Waals surface area contributed by atoms with Gasteiger partial charge in [0.1, 0.15) is 23.0 Å². The number of para-hydroxylation sites is 8. The van der Waals surface area contributed by atoms with Crippen LogP contribution in [0.5, 0.6) is 23.0 Å². The van der Waals surface area contributed by atoms with Gasteiger partial charge in [-0.05, 0) is 123 Å². The number of rotatable bonds is 3. The Balaban J connectivity index is 0.991.